The van der Waals surface area contributed by atoms with Crippen molar-refractivity contribution in [3.63, 3.8) is 0 Å². The van der Waals surface area contributed by atoms with Gasteiger partial charge in [0.25, 0.3) is 0 Å². The van der Waals surface area contributed by atoms with Gasteiger partial charge in [0.15, 0.2) is 5.75 Å². The highest BCUT2D eigenvalue weighted by Gasteiger charge is 2.19. The molecule has 0 atom stereocenters. The van der Waals surface area contributed by atoms with Crippen molar-refractivity contribution < 1.29 is 14.4 Å². The van der Waals surface area contributed by atoms with Crippen molar-refractivity contribution in [1.29, 1.82) is 5.26 Å². The number of nitro benzene ring substituents is 1. The van der Waals surface area contributed by atoms with Crippen LogP contribution in [0.3, 0.4) is 0 Å². The van der Waals surface area contributed by atoms with Crippen LogP contribution in [0.2, 0.25) is 0 Å². The van der Waals surface area contributed by atoms with Gasteiger partial charge in [-0.05, 0) is 6.42 Å². The molecule has 0 saturated heterocycles. The highest BCUT2D eigenvalue weighted by atomic mass is 16.6. The fourth-order valence-corrected chi connectivity index (χ4v) is 1.39. The fourth-order valence-electron chi connectivity index (χ4n) is 1.39. The maximum atomic E-state index is 10.8. The van der Waals surface area contributed by atoms with Crippen molar-refractivity contribution in [2.45, 2.75) is 19.8 Å². The molecule has 0 aliphatic heterocycles. The van der Waals surface area contributed by atoms with Crippen molar-refractivity contribution in [2.24, 2.45) is 0 Å². The van der Waals surface area contributed by atoms with Crippen LogP contribution < -0.4 is 9.47 Å². The molecule has 0 spiro atoms. The quantitative estimate of drug-likeness (QED) is 0.440. The third kappa shape index (κ3) is 3.10. The Bertz CT molecular complexity index is 480. The summed E-state index contributed by atoms with van der Waals surface area (Å²) in [7, 11) is 1.32. The zero-order valence-corrected chi connectivity index (χ0v) is 10.3. The second-order valence-electron chi connectivity index (χ2n) is 3.59. The summed E-state index contributed by atoms with van der Waals surface area (Å²) in [6, 6.07) is 4.48. The first-order valence-electron chi connectivity index (χ1n) is 5.53. The van der Waals surface area contributed by atoms with E-state index in [1.54, 1.807) is 0 Å². The van der Waals surface area contributed by atoms with Gasteiger partial charge >= 0.3 is 5.69 Å². The Labute approximate surface area is 105 Å². The number of hydrogen-bond acceptors (Lipinski definition) is 5. The molecule has 0 amide bonds. The molecule has 18 heavy (non-hydrogen) atoms. The lowest BCUT2D eigenvalue weighted by molar-refractivity contribution is -0.385. The molecule has 0 saturated carbocycles. The van der Waals surface area contributed by atoms with Crippen LogP contribution in [0.5, 0.6) is 11.5 Å². The SMILES string of the molecule is CCCCOc1cc([N+](=O)[O-])c(OC)cc1C#N. The summed E-state index contributed by atoms with van der Waals surface area (Å²) in [4.78, 5) is 10.3. The van der Waals surface area contributed by atoms with E-state index in [-0.39, 0.29) is 22.7 Å². The summed E-state index contributed by atoms with van der Waals surface area (Å²) in [6.07, 6.45) is 1.77. The number of nitriles is 1. The first-order chi connectivity index (χ1) is 8.63. The molecule has 0 N–H and O–H groups in total. The van der Waals surface area contributed by atoms with Gasteiger partial charge in [0.05, 0.1) is 30.3 Å². The van der Waals surface area contributed by atoms with E-state index in [9.17, 15) is 10.1 Å². The minimum absolute atomic E-state index is 0.0550. The Morgan fingerprint density at radius 2 is 2.17 bits per heavy atom. The van der Waals surface area contributed by atoms with Gasteiger partial charge in [0.2, 0.25) is 0 Å². The minimum Gasteiger partial charge on any atom is -0.492 e. The Morgan fingerprint density at radius 1 is 1.44 bits per heavy atom. The van der Waals surface area contributed by atoms with Crippen LogP contribution in [-0.4, -0.2) is 18.6 Å². The summed E-state index contributed by atoms with van der Waals surface area (Å²) in [5.74, 6) is 0.276. The smallest absolute Gasteiger partial charge is 0.314 e. The standard InChI is InChI=1S/C12H14N2O4/c1-3-4-5-18-11-7-10(14(15)16)12(17-2)6-9(11)8-13/h6-7H,3-5H2,1-2H3. The van der Waals surface area contributed by atoms with Gasteiger partial charge < -0.3 is 9.47 Å². The third-order valence-corrected chi connectivity index (χ3v) is 2.35. The van der Waals surface area contributed by atoms with E-state index in [2.05, 4.69) is 0 Å². The number of methoxy groups -OCH3 is 1. The Hall–Kier alpha value is -2.29. The topological polar surface area (TPSA) is 85.4 Å². The predicted molar refractivity (Wildman–Crippen MR) is 64.8 cm³/mol. The number of ether oxygens (including phenoxy) is 2. The zero-order valence-electron chi connectivity index (χ0n) is 10.3. The lowest BCUT2D eigenvalue weighted by Crippen LogP contribution is -2.01. The van der Waals surface area contributed by atoms with Gasteiger partial charge in [-0.15, -0.1) is 0 Å². The van der Waals surface area contributed by atoms with E-state index in [0.717, 1.165) is 12.8 Å². The third-order valence-electron chi connectivity index (χ3n) is 2.35. The molecule has 0 bridgehead atoms. The number of hydrogen-bond donors (Lipinski definition) is 0. The zero-order chi connectivity index (χ0) is 13.5. The minimum atomic E-state index is -0.563. The van der Waals surface area contributed by atoms with E-state index < -0.39 is 4.92 Å². The van der Waals surface area contributed by atoms with Crippen LogP contribution in [0.15, 0.2) is 12.1 Å². The fraction of sp³-hybridized carbons (Fsp3) is 0.417. The van der Waals surface area contributed by atoms with Crippen LogP contribution in [0.1, 0.15) is 25.3 Å². The summed E-state index contributed by atoms with van der Waals surface area (Å²) in [5, 5.41) is 19.8. The molecule has 96 valence electrons. The molecule has 0 fully saturated rings. The molecule has 0 aliphatic carbocycles. The van der Waals surface area contributed by atoms with Gasteiger partial charge in [-0.25, -0.2) is 0 Å². The average Bonchev–Trinajstić information content (AvgIpc) is 2.38. The van der Waals surface area contributed by atoms with Crippen LogP contribution in [-0.2, 0) is 0 Å². The molecule has 6 nitrogen and oxygen atoms in total. The van der Waals surface area contributed by atoms with E-state index >= 15 is 0 Å². The second-order valence-corrected chi connectivity index (χ2v) is 3.59. The van der Waals surface area contributed by atoms with E-state index in [1.165, 1.54) is 19.2 Å². The summed E-state index contributed by atoms with van der Waals surface area (Å²) in [6.45, 7) is 2.43. The summed E-state index contributed by atoms with van der Waals surface area (Å²) in [5.41, 5.74) is 0.0246. The normalized spacial score (nSPS) is 9.61. The highest BCUT2D eigenvalue weighted by molar-refractivity contribution is 5.58. The number of unbranched alkanes of at least 4 members (excludes halogenated alkanes) is 1. The molecule has 1 aromatic rings. The molecule has 0 aliphatic rings. The van der Waals surface area contributed by atoms with Gasteiger partial charge in [0.1, 0.15) is 11.8 Å². The van der Waals surface area contributed by atoms with Crippen LogP contribution in [0.25, 0.3) is 0 Å². The molecule has 0 heterocycles. The van der Waals surface area contributed by atoms with Crippen molar-refractivity contribution in [3.05, 3.63) is 27.8 Å². The second kappa shape index (κ2) is 6.45. The number of nitro groups is 1. The monoisotopic (exact) mass is 250 g/mol. The first kappa shape index (κ1) is 13.8. The van der Waals surface area contributed by atoms with Crippen LogP contribution >= 0.6 is 0 Å². The maximum Gasteiger partial charge on any atom is 0.314 e. The van der Waals surface area contributed by atoms with Gasteiger partial charge in [-0.2, -0.15) is 5.26 Å². The summed E-state index contributed by atoms with van der Waals surface area (Å²) >= 11 is 0. The van der Waals surface area contributed by atoms with Crippen LogP contribution in [0, 0.1) is 21.4 Å². The average molecular weight is 250 g/mol. The van der Waals surface area contributed by atoms with Gasteiger partial charge in [-0.3, -0.25) is 10.1 Å². The molecular formula is C12H14N2O4. The van der Waals surface area contributed by atoms with Crippen LogP contribution in [0.4, 0.5) is 5.69 Å². The lowest BCUT2D eigenvalue weighted by Gasteiger charge is -2.09. The number of benzene rings is 1. The lowest BCUT2D eigenvalue weighted by atomic mass is 10.2. The van der Waals surface area contributed by atoms with E-state index in [1.807, 2.05) is 13.0 Å². The molecule has 0 unspecified atom stereocenters. The Balaban J connectivity index is 3.12. The van der Waals surface area contributed by atoms with E-state index in [4.69, 9.17) is 14.7 Å². The van der Waals surface area contributed by atoms with Gasteiger partial charge in [0, 0.05) is 6.07 Å². The van der Waals surface area contributed by atoms with E-state index in [0.29, 0.717) is 6.61 Å². The van der Waals surface area contributed by atoms with Crippen molar-refractivity contribution in [3.8, 4) is 17.6 Å². The molecule has 0 aromatic heterocycles. The highest BCUT2D eigenvalue weighted by Crippen LogP contribution is 2.34. The molecule has 1 aromatic carbocycles. The van der Waals surface area contributed by atoms with Crippen molar-refractivity contribution >= 4 is 5.69 Å². The predicted octanol–water partition coefficient (Wildman–Crippen LogP) is 2.65. The van der Waals surface area contributed by atoms with Gasteiger partial charge in [-0.1, -0.05) is 13.3 Å². The molecular weight excluding hydrogens is 236 g/mol. The Morgan fingerprint density at radius 3 is 2.67 bits per heavy atom. The largest absolute Gasteiger partial charge is 0.492 e. The first-order valence-corrected chi connectivity index (χ1v) is 5.53. The summed E-state index contributed by atoms with van der Waals surface area (Å²) < 4.78 is 10.3. The molecule has 0 radical (unpaired) electrons. The maximum absolute atomic E-state index is 10.8. The van der Waals surface area contributed by atoms with Crippen molar-refractivity contribution in [2.75, 3.05) is 13.7 Å². The number of rotatable bonds is 6. The Kier molecular flexibility index (Phi) is 4.93. The molecule has 1 rings (SSSR count). The van der Waals surface area contributed by atoms with Crippen molar-refractivity contribution in [1.82, 2.24) is 0 Å². The molecule has 6 heteroatoms. The number of nitrogens with zero attached hydrogens (tertiary/aromatic N) is 2.